The molecule has 1 aromatic carbocycles. The van der Waals surface area contributed by atoms with Gasteiger partial charge in [-0.25, -0.2) is 17.7 Å². The average molecular weight is 477 g/mol. The number of carbonyl (C=O) groups excluding carboxylic acids is 1. The second-order valence-electron chi connectivity index (χ2n) is 9.15. The molecule has 0 saturated heterocycles. The molecule has 0 aliphatic heterocycles. The van der Waals surface area contributed by atoms with Gasteiger partial charge in [0.1, 0.15) is 11.6 Å². The maximum Gasteiger partial charge on any atom is 0.308 e. The van der Waals surface area contributed by atoms with Gasteiger partial charge in [-0.05, 0) is 35.6 Å². The summed E-state index contributed by atoms with van der Waals surface area (Å²) in [4.78, 5) is 21.2. The molecule has 0 atom stereocenters. The molecule has 7 nitrogen and oxygen atoms in total. The quantitative estimate of drug-likeness (QED) is 0.483. The van der Waals surface area contributed by atoms with Crippen molar-refractivity contribution in [1.82, 2.24) is 18.2 Å². The first-order valence-electron chi connectivity index (χ1n) is 10.2. The number of benzene rings is 1. The minimum absolute atomic E-state index is 0.0834. The molecule has 0 radical (unpaired) electrons. The fourth-order valence-electron chi connectivity index (χ4n) is 3.22. The molecule has 0 spiro atoms. The number of imidazole rings is 1. The lowest BCUT2D eigenvalue weighted by atomic mass is 9.91. The summed E-state index contributed by atoms with van der Waals surface area (Å²) in [7, 11) is -1.29. The Morgan fingerprint density at radius 3 is 2.36 bits per heavy atom. The average Bonchev–Trinajstić information content (AvgIpc) is 3.13. The zero-order valence-electron chi connectivity index (χ0n) is 19.1. The van der Waals surface area contributed by atoms with E-state index in [0.717, 1.165) is 14.5 Å². The van der Waals surface area contributed by atoms with E-state index in [0.29, 0.717) is 23.4 Å². The van der Waals surface area contributed by atoms with E-state index in [1.807, 2.05) is 20.8 Å². The van der Waals surface area contributed by atoms with Gasteiger partial charge in [0.15, 0.2) is 5.82 Å². The van der Waals surface area contributed by atoms with Crippen molar-refractivity contribution >= 4 is 16.0 Å². The molecule has 3 rings (SSSR count). The predicted molar refractivity (Wildman–Crippen MR) is 121 cm³/mol. The van der Waals surface area contributed by atoms with Crippen molar-refractivity contribution in [3.05, 3.63) is 71.4 Å². The van der Waals surface area contributed by atoms with Crippen molar-refractivity contribution in [3.63, 3.8) is 0 Å². The lowest BCUT2D eigenvalue weighted by Gasteiger charge is -2.15. The van der Waals surface area contributed by atoms with E-state index in [4.69, 9.17) is 0 Å². The molecule has 0 aliphatic carbocycles. The van der Waals surface area contributed by atoms with Gasteiger partial charge in [0.25, 0.3) is 0 Å². The normalized spacial score (nSPS) is 12.4. The molecule has 0 N–H and O–H groups in total. The summed E-state index contributed by atoms with van der Waals surface area (Å²) in [5.41, 5.74) is 1.16. The molecular formula is C23H26F2N4O3S. The standard InChI is InChI=1S/C23H26F2N4O3S/c1-23(2,3)12-18-14-29(33(31,32)28(4)5)22(27-18)21(30)11-15-6-7-16(10-19(15)25)20-9-8-17(24)13-26-20/h6-10,13-14H,11-12H2,1-5H3. The zero-order chi connectivity index (χ0) is 24.6. The minimum atomic E-state index is -4.00. The molecule has 10 heteroatoms. The van der Waals surface area contributed by atoms with Crippen LogP contribution in [-0.2, 0) is 23.1 Å². The highest BCUT2D eigenvalue weighted by Gasteiger charge is 2.28. The maximum absolute atomic E-state index is 14.8. The van der Waals surface area contributed by atoms with Gasteiger partial charge in [-0.1, -0.05) is 32.9 Å². The smallest absolute Gasteiger partial charge is 0.290 e. The van der Waals surface area contributed by atoms with Crippen molar-refractivity contribution < 1.29 is 22.0 Å². The van der Waals surface area contributed by atoms with Crippen molar-refractivity contribution in [1.29, 1.82) is 0 Å². The molecule has 0 fully saturated rings. The van der Waals surface area contributed by atoms with E-state index in [1.54, 1.807) is 6.07 Å². The third kappa shape index (κ3) is 5.69. The van der Waals surface area contributed by atoms with Gasteiger partial charge in [-0.2, -0.15) is 12.7 Å². The van der Waals surface area contributed by atoms with Crippen LogP contribution < -0.4 is 0 Å². The first-order chi connectivity index (χ1) is 15.3. The van der Waals surface area contributed by atoms with E-state index in [-0.39, 0.29) is 23.2 Å². The Hall–Kier alpha value is -2.98. The van der Waals surface area contributed by atoms with Crippen LogP contribution in [-0.4, -0.2) is 46.5 Å². The maximum atomic E-state index is 14.8. The lowest BCUT2D eigenvalue weighted by molar-refractivity contribution is 0.0980. The number of hydrogen-bond acceptors (Lipinski definition) is 5. The molecule has 2 heterocycles. The highest BCUT2D eigenvalue weighted by molar-refractivity contribution is 7.87. The highest BCUT2D eigenvalue weighted by atomic mass is 32.2. The summed E-state index contributed by atoms with van der Waals surface area (Å²) < 4.78 is 55.2. The second-order valence-corrected chi connectivity index (χ2v) is 11.2. The van der Waals surface area contributed by atoms with Gasteiger partial charge in [0.2, 0.25) is 5.78 Å². The number of ketones is 1. The highest BCUT2D eigenvalue weighted by Crippen LogP contribution is 2.24. The van der Waals surface area contributed by atoms with E-state index < -0.39 is 27.6 Å². The molecule has 2 aromatic heterocycles. The topological polar surface area (TPSA) is 85.2 Å². The van der Waals surface area contributed by atoms with Crippen molar-refractivity contribution in [2.75, 3.05) is 14.1 Å². The van der Waals surface area contributed by atoms with E-state index in [1.165, 1.54) is 44.6 Å². The molecule has 0 amide bonds. The largest absolute Gasteiger partial charge is 0.308 e. The third-order valence-electron chi connectivity index (χ3n) is 4.82. The number of nitrogens with zero attached hydrogens (tertiary/aromatic N) is 4. The first kappa shape index (κ1) is 24.7. The van der Waals surface area contributed by atoms with Crippen LogP contribution in [0.4, 0.5) is 8.78 Å². The summed E-state index contributed by atoms with van der Waals surface area (Å²) in [6, 6.07) is 6.85. The molecule has 0 saturated carbocycles. The van der Waals surface area contributed by atoms with Gasteiger partial charge < -0.3 is 0 Å². The van der Waals surface area contributed by atoms with E-state index in [9.17, 15) is 22.0 Å². The molecule has 33 heavy (non-hydrogen) atoms. The van der Waals surface area contributed by atoms with Crippen LogP contribution in [0, 0.1) is 17.0 Å². The lowest BCUT2D eigenvalue weighted by Crippen LogP contribution is -2.31. The van der Waals surface area contributed by atoms with Crippen LogP contribution in [0.1, 0.15) is 42.6 Å². The van der Waals surface area contributed by atoms with Gasteiger partial charge in [-0.15, -0.1) is 0 Å². The Morgan fingerprint density at radius 2 is 1.82 bits per heavy atom. The van der Waals surface area contributed by atoms with Crippen LogP contribution in [0.3, 0.4) is 0 Å². The van der Waals surface area contributed by atoms with Crippen LogP contribution in [0.5, 0.6) is 0 Å². The number of carbonyl (C=O) groups is 1. The zero-order valence-corrected chi connectivity index (χ0v) is 19.9. The minimum Gasteiger partial charge on any atom is -0.290 e. The number of rotatable bonds is 7. The predicted octanol–water partition coefficient (Wildman–Crippen LogP) is 3.89. The van der Waals surface area contributed by atoms with Crippen molar-refractivity contribution in [3.8, 4) is 11.3 Å². The summed E-state index contributed by atoms with van der Waals surface area (Å²) in [5.74, 6) is -2.07. The Balaban J connectivity index is 1.94. The van der Waals surface area contributed by atoms with Gasteiger partial charge in [0.05, 0.1) is 17.6 Å². The first-order valence-corrected chi connectivity index (χ1v) is 11.6. The van der Waals surface area contributed by atoms with E-state index >= 15 is 0 Å². The SMILES string of the molecule is CN(C)S(=O)(=O)n1cc(CC(C)(C)C)nc1C(=O)Cc1ccc(-c2ccc(F)cn2)cc1F. The number of hydrogen-bond donors (Lipinski definition) is 0. The van der Waals surface area contributed by atoms with Gasteiger partial charge in [0, 0.05) is 32.3 Å². The third-order valence-corrected chi connectivity index (χ3v) is 6.52. The Morgan fingerprint density at radius 1 is 1.12 bits per heavy atom. The van der Waals surface area contributed by atoms with Crippen LogP contribution >= 0.6 is 0 Å². The summed E-state index contributed by atoms with van der Waals surface area (Å²) in [6.45, 7) is 5.92. The molecule has 176 valence electrons. The monoisotopic (exact) mass is 476 g/mol. The van der Waals surface area contributed by atoms with Crippen LogP contribution in [0.25, 0.3) is 11.3 Å². The fourth-order valence-corrected chi connectivity index (χ4v) is 4.19. The fraction of sp³-hybridized carbons (Fsp3) is 0.348. The Bertz CT molecular complexity index is 1280. The Kier molecular flexibility index (Phi) is 6.80. The summed E-state index contributed by atoms with van der Waals surface area (Å²) >= 11 is 0. The molecular weight excluding hydrogens is 450 g/mol. The summed E-state index contributed by atoms with van der Waals surface area (Å²) in [5, 5.41) is 0. The van der Waals surface area contributed by atoms with Gasteiger partial charge in [-0.3, -0.25) is 9.78 Å². The molecule has 3 aromatic rings. The Labute approximate surface area is 192 Å². The number of aromatic nitrogens is 3. The van der Waals surface area contributed by atoms with Crippen LogP contribution in [0.15, 0.2) is 42.7 Å². The molecule has 0 unspecified atom stereocenters. The van der Waals surface area contributed by atoms with Gasteiger partial charge >= 0.3 is 10.2 Å². The second kappa shape index (κ2) is 9.11. The van der Waals surface area contributed by atoms with E-state index in [2.05, 4.69) is 9.97 Å². The number of halogens is 2. The van der Waals surface area contributed by atoms with Crippen molar-refractivity contribution in [2.24, 2.45) is 5.41 Å². The molecule has 0 bridgehead atoms. The van der Waals surface area contributed by atoms with Crippen LogP contribution in [0.2, 0.25) is 0 Å². The number of Topliss-reactive ketones (excluding diaryl/α,β-unsaturated/α-hetero) is 1. The number of pyridine rings is 1. The molecule has 0 aliphatic rings. The summed E-state index contributed by atoms with van der Waals surface area (Å²) in [6.07, 6.45) is 2.45. The van der Waals surface area contributed by atoms with Crippen molar-refractivity contribution in [2.45, 2.75) is 33.6 Å².